The molecule has 0 spiro atoms. The van der Waals surface area contributed by atoms with E-state index in [-0.39, 0.29) is 0 Å². The Balaban J connectivity index is 2.04. The Morgan fingerprint density at radius 1 is 1.00 bits per heavy atom. The lowest BCUT2D eigenvalue weighted by Gasteiger charge is -2.18. The number of hydrogen-bond acceptors (Lipinski definition) is 1. The number of aryl methyl sites for hydroxylation is 1. The number of hydrogen-bond donors (Lipinski definition) is 0. The van der Waals surface area contributed by atoms with Crippen LogP contribution in [0.15, 0.2) is 46.9 Å². The lowest BCUT2D eigenvalue weighted by Crippen LogP contribution is -2.07. The zero-order valence-corrected chi connectivity index (χ0v) is 11.0. The van der Waals surface area contributed by atoms with E-state index in [0.29, 0.717) is 0 Å². The van der Waals surface area contributed by atoms with Gasteiger partial charge in [-0.3, -0.25) is 0 Å². The molecule has 0 saturated heterocycles. The summed E-state index contributed by atoms with van der Waals surface area (Å²) in [6.45, 7) is 0.850. The highest BCUT2D eigenvalue weighted by Crippen LogP contribution is 2.30. The van der Waals surface area contributed by atoms with Crippen LogP contribution in [0, 0.1) is 0 Å². The first-order valence-electron chi connectivity index (χ1n) is 5.84. The number of ether oxygens (including phenoxy) is 1. The maximum atomic E-state index is 5.63. The molecule has 2 aromatic carbocycles. The molecule has 1 heterocycles. The highest BCUT2D eigenvalue weighted by Gasteiger charge is 2.11. The Morgan fingerprint density at radius 2 is 1.88 bits per heavy atom. The second-order valence-corrected chi connectivity index (χ2v) is 5.20. The average Bonchev–Trinajstić information content (AvgIpc) is 2.38. The molecule has 0 atom stereocenters. The van der Waals surface area contributed by atoms with Crippen LogP contribution in [0.4, 0.5) is 0 Å². The van der Waals surface area contributed by atoms with E-state index < -0.39 is 0 Å². The second kappa shape index (κ2) is 4.53. The number of halogens is 1. The molecule has 0 aliphatic carbocycles. The van der Waals surface area contributed by atoms with Gasteiger partial charge in [0.25, 0.3) is 0 Å². The number of rotatable bonds is 1. The lowest BCUT2D eigenvalue weighted by molar-refractivity contribution is 0.288. The molecule has 2 aromatic rings. The molecule has 1 aliphatic heterocycles. The monoisotopic (exact) mass is 288 g/mol. The summed E-state index contributed by atoms with van der Waals surface area (Å²) in [5, 5.41) is 0. The Bertz CT molecular complexity index is 548. The predicted octanol–water partition coefficient (Wildman–Crippen LogP) is 4.44. The molecule has 1 aliphatic rings. The molecule has 0 bridgehead atoms. The van der Waals surface area contributed by atoms with Gasteiger partial charge in [-0.05, 0) is 53.8 Å². The third kappa shape index (κ3) is 2.22. The molecule has 86 valence electrons. The van der Waals surface area contributed by atoms with E-state index >= 15 is 0 Å². The van der Waals surface area contributed by atoms with Gasteiger partial charge in [-0.15, -0.1) is 0 Å². The fourth-order valence-corrected chi connectivity index (χ4v) is 2.61. The van der Waals surface area contributed by atoms with Crippen LogP contribution in [0.1, 0.15) is 12.0 Å². The van der Waals surface area contributed by atoms with Crippen molar-refractivity contribution in [3.63, 3.8) is 0 Å². The van der Waals surface area contributed by atoms with Crippen LogP contribution in [0.5, 0.6) is 5.75 Å². The highest BCUT2D eigenvalue weighted by atomic mass is 79.9. The Hall–Kier alpha value is -1.28. The van der Waals surface area contributed by atoms with Gasteiger partial charge >= 0.3 is 0 Å². The van der Waals surface area contributed by atoms with E-state index in [0.717, 1.165) is 29.7 Å². The molecule has 0 saturated carbocycles. The minimum absolute atomic E-state index is 0.850. The summed E-state index contributed by atoms with van der Waals surface area (Å²) in [5.74, 6) is 1.05. The molecular formula is C15H13BrO. The van der Waals surface area contributed by atoms with Gasteiger partial charge in [0.1, 0.15) is 5.75 Å². The quantitative estimate of drug-likeness (QED) is 0.754. The van der Waals surface area contributed by atoms with Crippen molar-refractivity contribution in [1.29, 1.82) is 0 Å². The van der Waals surface area contributed by atoms with Crippen molar-refractivity contribution in [2.24, 2.45) is 0 Å². The topological polar surface area (TPSA) is 9.23 Å². The van der Waals surface area contributed by atoms with Crippen molar-refractivity contribution in [1.82, 2.24) is 0 Å². The first-order valence-corrected chi connectivity index (χ1v) is 6.64. The number of fused-ring (bicyclic) bond motifs is 1. The van der Waals surface area contributed by atoms with Gasteiger partial charge in [-0.25, -0.2) is 0 Å². The van der Waals surface area contributed by atoms with E-state index in [4.69, 9.17) is 4.74 Å². The van der Waals surface area contributed by atoms with E-state index in [1.54, 1.807) is 0 Å². The second-order valence-electron chi connectivity index (χ2n) is 4.28. The van der Waals surface area contributed by atoms with Gasteiger partial charge in [0.15, 0.2) is 0 Å². The van der Waals surface area contributed by atoms with Crippen LogP contribution in [-0.2, 0) is 6.42 Å². The van der Waals surface area contributed by atoms with Crippen LogP contribution in [-0.4, -0.2) is 6.61 Å². The van der Waals surface area contributed by atoms with E-state index in [2.05, 4.69) is 52.3 Å². The van der Waals surface area contributed by atoms with Crippen LogP contribution >= 0.6 is 15.9 Å². The molecule has 0 radical (unpaired) electrons. The van der Waals surface area contributed by atoms with Crippen LogP contribution in [0.3, 0.4) is 0 Å². The fraction of sp³-hybridized carbons (Fsp3) is 0.200. The smallest absolute Gasteiger partial charge is 0.122 e. The molecular weight excluding hydrogens is 276 g/mol. The molecule has 3 rings (SSSR count). The summed E-state index contributed by atoms with van der Waals surface area (Å²) in [6, 6.07) is 14.9. The summed E-state index contributed by atoms with van der Waals surface area (Å²) >= 11 is 3.51. The van der Waals surface area contributed by atoms with Gasteiger partial charge in [0, 0.05) is 4.47 Å². The molecule has 0 fully saturated rings. The molecule has 0 unspecified atom stereocenters. The van der Waals surface area contributed by atoms with Crippen molar-refractivity contribution in [3.05, 3.63) is 52.5 Å². The van der Waals surface area contributed by atoms with Crippen LogP contribution in [0.25, 0.3) is 11.1 Å². The summed E-state index contributed by atoms with van der Waals surface area (Å²) in [5.41, 5.74) is 3.83. The standard InChI is InChI=1S/C15H13BrO/c16-14-5-1-3-11(10-14)12-6-7-15-13(9-12)4-2-8-17-15/h1,3,5-7,9-10H,2,4,8H2. The van der Waals surface area contributed by atoms with Crippen molar-refractivity contribution in [3.8, 4) is 16.9 Å². The van der Waals surface area contributed by atoms with E-state index in [1.165, 1.54) is 16.7 Å². The molecule has 17 heavy (non-hydrogen) atoms. The minimum Gasteiger partial charge on any atom is -0.493 e. The zero-order chi connectivity index (χ0) is 11.7. The van der Waals surface area contributed by atoms with Crippen molar-refractivity contribution in [2.45, 2.75) is 12.8 Å². The van der Waals surface area contributed by atoms with Crippen molar-refractivity contribution < 1.29 is 4.74 Å². The van der Waals surface area contributed by atoms with Crippen LogP contribution < -0.4 is 4.74 Å². The number of benzene rings is 2. The summed E-state index contributed by atoms with van der Waals surface area (Å²) in [7, 11) is 0. The molecule has 0 N–H and O–H groups in total. The van der Waals surface area contributed by atoms with Crippen molar-refractivity contribution >= 4 is 15.9 Å². The average molecular weight is 289 g/mol. The highest BCUT2D eigenvalue weighted by molar-refractivity contribution is 9.10. The zero-order valence-electron chi connectivity index (χ0n) is 9.45. The summed E-state index contributed by atoms with van der Waals surface area (Å²) < 4.78 is 6.74. The third-order valence-corrected chi connectivity index (χ3v) is 3.56. The maximum absolute atomic E-state index is 5.63. The predicted molar refractivity (Wildman–Crippen MR) is 73.4 cm³/mol. The largest absolute Gasteiger partial charge is 0.493 e. The molecule has 0 amide bonds. The fourth-order valence-electron chi connectivity index (χ4n) is 2.21. The van der Waals surface area contributed by atoms with Crippen LogP contribution in [0.2, 0.25) is 0 Å². The lowest BCUT2D eigenvalue weighted by atomic mass is 9.99. The van der Waals surface area contributed by atoms with Crippen molar-refractivity contribution in [2.75, 3.05) is 6.61 Å². The Kier molecular flexibility index (Phi) is 2.89. The molecule has 1 nitrogen and oxygen atoms in total. The van der Waals surface area contributed by atoms with Gasteiger partial charge in [-0.2, -0.15) is 0 Å². The van der Waals surface area contributed by atoms with E-state index in [1.807, 2.05) is 6.07 Å². The Labute approximate surface area is 110 Å². The van der Waals surface area contributed by atoms with E-state index in [9.17, 15) is 0 Å². The molecule has 0 aromatic heterocycles. The van der Waals surface area contributed by atoms with Gasteiger partial charge in [0.2, 0.25) is 0 Å². The first kappa shape index (κ1) is 10.8. The van der Waals surface area contributed by atoms with Gasteiger partial charge < -0.3 is 4.74 Å². The van der Waals surface area contributed by atoms with Gasteiger partial charge in [-0.1, -0.05) is 34.1 Å². The summed E-state index contributed by atoms with van der Waals surface area (Å²) in [6.07, 6.45) is 2.24. The minimum atomic E-state index is 0.850. The third-order valence-electron chi connectivity index (χ3n) is 3.07. The molecule has 2 heteroatoms. The maximum Gasteiger partial charge on any atom is 0.122 e. The van der Waals surface area contributed by atoms with Gasteiger partial charge in [0.05, 0.1) is 6.61 Å². The normalized spacial score (nSPS) is 13.9. The first-order chi connectivity index (χ1) is 8.33. The summed E-state index contributed by atoms with van der Waals surface area (Å²) in [4.78, 5) is 0. The Morgan fingerprint density at radius 3 is 2.76 bits per heavy atom. The SMILES string of the molecule is Brc1cccc(-c2ccc3c(c2)CCCO3)c1.